The molecule has 0 saturated carbocycles. The molecule has 6 nitrogen and oxygen atoms in total. The van der Waals surface area contributed by atoms with Gasteiger partial charge in [0.25, 0.3) is 0 Å². The highest BCUT2D eigenvalue weighted by Crippen LogP contribution is 2.42. The topological polar surface area (TPSA) is 54.3 Å². The summed E-state index contributed by atoms with van der Waals surface area (Å²) in [7, 11) is 1.88. The molecule has 1 atom stereocenters. The molecule has 4 rings (SSSR count). The van der Waals surface area contributed by atoms with Crippen molar-refractivity contribution in [3.8, 4) is 0 Å². The number of likely N-dealkylation sites (tertiary alicyclic amines) is 1. The van der Waals surface area contributed by atoms with Crippen LogP contribution in [0.1, 0.15) is 17.8 Å². The van der Waals surface area contributed by atoms with Crippen LogP contribution in [0.25, 0.3) is 0 Å². The number of carbonyl (C=O) groups excluding carboxylic acids is 1. The van der Waals surface area contributed by atoms with E-state index in [1.807, 2.05) is 29.7 Å². The van der Waals surface area contributed by atoms with Gasteiger partial charge in [-0.15, -0.1) is 11.3 Å². The van der Waals surface area contributed by atoms with E-state index in [1.165, 1.54) is 0 Å². The molecule has 0 unspecified atom stereocenters. The highest BCUT2D eigenvalue weighted by Gasteiger charge is 2.51. The van der Waals surface area contributed by atoms with Crippen molar-refractivity contribution in [3.05, 3.63) is 29.0 Å². The third kappa shape index (κ3) is 2.24. The molecule has 2 aliphatic rings. The van der Waals surface area contributed by atoms with Crippen LogP contribution in [0.5, 0.6) is 0 Å². The summed E-state index contributed by atoms with van der Waals surface area (Å²) in [4.78, 5) is 21.6. The van der Waals surface area contributed by atoms with E-state index in [9.17, 15) is 4.79 Å². The lowest BCUT2D eigenvalue weighted by molar-refractivity contribution is -0.125. The Bertz CT molecular complexity index is 682. The summed E-state index contributed by atoms with van der Waals surface area (Å²) in [6, 6.07) is 0. The van der Waals surface area contributed by atoms with Gasteiger partial charge in [0.1, 0.15) is 5.01 Å². The zero-order valence-electron chi connectivity index (χ0n) is 12.6. The van der Waals surface area contributed by atoms with Crippen molar-refractivity contribution < 1.29 is 4.79 Å². The summed E-state index contributed by atoms with van der Waals surface area (Å²) in [5.74, 6) is 0.266. The fraction of sp³-hybridized carbons (Fsp3) is 0.533. The highest BCUT2D eigenvalue weighted by atomic mass is 32.1. The molecule has 2 aromatic heterocycles. The molecule has 0 aromatic carbocycles. The molecule has 2 aromatic rings. The van der Waals surface area contributed by atoms with E-state index in [4.69, 9.17) is 0 Å². The predicted molar refractivity (Wildman–Crippen MR) is 84.6 cm³/mol. The van der Waals surface area contributed by atoms with Crippen LogP contribution in [0.15, 0.2) is 24.0 Å². The van der Waals surface area contributed by atoms with E-state index in [-0.39, 0.29) is 11.3 Å². The summed E-state index contributed by atoms with van der Waals surface area (Å²) < 4.78 is 1.75. The van der Waals surface area contributed by atoms with Gasteiger partial charge in [0.2, 0.25) is 5.91 Å². The lowest BCUT2D eigenvalue weighted by Gasteiger charge is -2.22. The number of hydrogen-bond donors (Lipinski definition) is 0. The number of rotatable bonds is 3. The quantitative estimate of drug-likeness (QED) is 0.861. The van der Waals surface area contributed by atoms with E-state index < -0.39 is 0 Å². The van der Waals surface area contributed by atoms with Crippen LogP contribution in [0, 0.1) is 5.41 Å². The van der Waals surface area contributed by atoms with Crippen LogP contribution in [-0.4, -0.2) is 45.2 Å². The first-order valence-corrected chi connectivity index (χ1v) is 8.46. The first-order valence-electron chi connectivity index (χ1n) is 7.58. The summed E-state index contributed by atoms with van der Waals surface area (Å²) in [6.45, 7) is 3.49. The summed E-state index contributed by atoms with van der Waals surface area (Å²) >= 11 is 1.68. The lowest BCUT2D eigenvalue weighted by Crippen LogP contribution is -2.36. The summed E-state index contributed by atoms with van der Waals surface area (Å²) in [5, 5.41) is 7.32. The third-order valence-corrected chi connectivity index (χ3v) is 5.56. The summed E-state index contributed by atoms with van der Waals surface area (Å²) in [5.41, 5.74) is 0.718. The lowest BCUT2D eigenvalue weighted by atomic mass is 9.85. The number of aromatic nitrogens is 3. The Morgan fingerprint density at radius 3 is 2.95 bits per heavy atom. The molecule has 4 heterocycles. The number of thiazole rings is 1. The van der Waals surface area contributed by atoms with Gasteiger partial charge in [0.05, 0.1) is 23.8 Å². The van der Waals surface area contributed by atoms with Crippen molar-refractivity contribution in [3.63, 3.8) is 0 Å². The zero-order chi connectivity index (χ0) is 15.2. The smallest absolute Gasteiger partial charge is 0.234 e. The van der Waals surface area contributed by atoms with Gasteiger partial charge in [-0.25, -0.2) is 4.98 Å². The minimum Gasteiger partial charge on any atom is -0.309 e. The van der Waals surface area contributed by atoms with E-state index in [0.29, 0.717) is 0 Å². The maximum Gasteiger partial charge on any atom is 0.234 e. The Balaban J connectivity index is 1.48. The molecule has 0 bridgehead atoms. The largest absolute Gasteiger partial charge is 0.309 e. The monoisotopic (exact) mass is 317 g/mol. The second-order valence-corrected chi connectivity index (χ2v) is 7.22. The van der Waals surface area contributed by atoms with Crippen molar-refractivity contribution >= 4 is 22.9 Å². The second kappa shape index (κ2) is 5.17. The maximum absolute atomic E-state index is 12.9. The molecule has 0 N–H and O–H groups in total. The van der Waals surface area contributed by atoms with Gasteiger partial charge in [-0.05, 0) is 19.4 Å². The molecule has 2 aliphatic heterocycles. The molecular weight excluding hydrogens is 298 g/mol. The van der Waals surface area contributed by atoms with E-state index >= 15 is 0 Å². The Hall–Kier alpha value is -1.73. The first-order chi connectivity index (χ1) is 10.7. The van der Waals surface area contributed by atoms with E-state index in [2.05, 4.69) is 15.0 Å². The van der Waals surface area contributed by atoms with Gasteiger partial charge in [-0.2, -0.15) is 5.10 Å². The molecule has 2 saturated heterocycles. The fourth-order valence-electron chi connectivity index (χ4n) is 3.61. The number of nitrogens with zero attached hydrogens (tertiary/aromatic N) is 5. The minimum atomic E-state index is -0.201. The third-order valence-electron chi connectivity index (χ3n) is 4.79. The highest BCUT2D eigenvalue weighted by molar-refractivity contribution is 7.09. The van der Waals surface area contributed by atoms with Gasteiger partial charge in [-0.1, -0.05) is 0 Å². The molecule has 2 fully saturated rings. The van der Waals surface area contributed by atoms with Crippen LogP contribution >= 0.6 is 11.3 Å². The van der Waals surface area contributed by atoms with E-state index in [1.54, 1.807) is 22.2 Å². The van der Waals surface area contributed by atoms with Gasteiger partial charge in [0.15, 0.2) is 0 Å². The van der Waals surface area contributed by atoms with E-state index in [0.717, 1.165) is 49.7 Å². The van der Waals surface area contributed by atoms with Crippen LogP contribution in [-0.2, 0) is 18.4 Å². The number of amides is 1. The van der Waals surface area contributed by atoms with Crippen molar-refractivity contribution in [2.75, 3.05) is 24.5 Å². The Morgan fingerprint density at radius 2 is 2.23 bits per heavy atom. The Morgan fingerprint density at radius 1 is 1.36 bits per heavy atom. The molecule has 7 heteroatoms. The second-order valence-electron chi connectivity index (χ2n) is 6.25. The average molecular weight is 317 g/mol. The standard InChI is InChI=1S/C15H19N5OS/c1-18-9-12(8-17-18)20-6-3-15(14(20)21)2-5-19(11-15)10-13-16-4-7-22-13/h4,7-9H,2-3,5-6,10-11H2,1H3/t15-/m0/s1. The molecule has 0 aliphatic carbocycles. The van der Waals surface area contributed by atoms with Crippen LogP contribution < -0.4 is 4.90 Å². The zero-order valence-corrected chi connectivity index (χ0v) is 13.4. The van der Waals surface area contributed by atoms with Crippen molar-refractivity contribution in [1.82, 2.24) is 19.7 Å². The molecule has 1 spiro atoms. The molecule has 116 valence electrons. The first kappa shape index (κ1) is 13.9. The van der Waals surface area contributed by atoms with Crippen LogP contribution in [0.3, 0.4) is 0 Å². The number of carbonyl (C=O) groups is 1. The van der Waals surface area contributed by atoms with Crippen molar-refractivity contribution in [2.24, 2.45) is 12.5 Å². The van der Waals surface area contributed by atoms with Gasteiger partial charge in [-0.3, -0.25) is 14.4 Å². The molecule has 0 radical (unpaired) electrons. The maximum atomic E-state index is 12.9. The summed E-state index contributed by atoms with van der Waals surface area (Å²) in [6.07, 6.45) is 7.43. The molecule has 1 amide bonds. The SMILES string of the molecule is Cn1cc(N2CC[C@]3(CCN(Cc4nccs4)C3)C2=O)cn1. The van der Waals surface area contributed by atoms with Crippen LogP contribution in [0.4, 0.5) is 5.69 Å². The van der Waals surface area contributed by atoms with Crippen molar-refractivity contribution in [2.45, 2.75) is 19.4 Å². The number of hydrogen-bond acceptors (Lipinski definition) is 5. The minimum absolute atomic E-state index is 0.201. The molecular formula is C15H19N5OS. The number of anilines is 1. The van der Waals surface area contributed by atoms with Gasteiger partial charge in [0, 0.05) is 37.9 Å². The van der Waals surface area contributed by atoms with Gasteiger partial charge >= 0.3 is 0 Å². The fourth-order valence-corrected chi connectivity index (χ4v) is 4.27. The van der Waals surface area contributed by atoms with Gasteiger partial charge < -0.3 is 4.90 Å². The average Bonchev–Trinajstić information content (AvgIpc) is 3.25. The van der Waals surface area contributed by atoms with Crippen molar-refractivity contribution in [1.29, 1.82) is 0 Å². The number of aryl methyl sites for hydroxylation is 1. The molecule has 22 heavy (non-hydrogen) atoms. The van der Waals surface area contributed by atoms with Crippen LogP contribution in [0.2, 0.25) is 0 Å². The Kier molecular flexibility index (Phi) is 3.27. The predicted octanol–water partition coefficient (Wildman–Crippen LogP) is 1.51. The normalized spacial score (nSPS) is 25.7. The Labute approximate surface area is 133 Å².